The van der Waals surface area contributed by atoms with Crippen LogP contribution in [0.15, 0.2) is 71.7 Å². The molecule has 3 aromatic rings. The van der Waals surface area contributed by atoms with Crippen molar-refractivity contribution in [2.75, 3.05) is 19.6 Å². The summed E-state index contributed by atoms with van der Waals surface area (Å²) in [6.07, 6.45) is 3.19. The zero-order valence-electron chi connectivity index (χ0n) is 17.0. The number of aromatic nitrogens is 2. The Morgan fingerprint density at radius 2 is 1.87 bits per heavy atom. The van der Waals surface area contributed by atoms with Crippen LogP contribution in [-0.4, -0.2) is 39.2 Å². The monoisotopic (exact) mass is 401 g/mol. The van der Waals surface area contributed by atoms with Crippen LogP contribution in [0.1, 0.15) is 36.1 Å². The van der Waals surface area contributed by atoms with Gasteiger partial charge in [0, 0.05) is 55.6 Å². The summed E-state index contributed by atoms with van der Waals surface area (Å²) in [5.41, 5.74) is 3.94. The van der Waals surface area contributed by atoms with Crippen molar-refractivity contribution in [3.63, 3.8) is 0 Å². The summed E-state index contributed by atoms with van der Waals surface area (Å²) in [4.78, 5) is 19.7. The number of aliphatic hydroxyl groups excluding tert-OH is 1. The minimum Gasteiger partial charge on any atom is -0.388 e. The number of hydrogen-bond donors (Lipinski definition) is 1. The maximum absolute atomic E-state index is 12.8. The third kappa shape index (κ3) is 3.83. The lowest BCUT2D eigenvalue weighted by atomic mass is 9.82. The van der Waals surface area contributed by atoms with Crippen LogP contribution in [0.2, 0.25) is 0 Å². The second-order valence-electron chi connectivity index (χ2n) is 8.61. The van der Waals surface area contributed by atoms with Crippen LogP contribution in [0.25, 0.3) is 11.3 Å². The average Bonchev–Trinajstić information content (AvgIpc) is 2.79. The van der Waals surface area contributed by atoms with Crippen molar-refractivity contribution in [2.24, 2.45) is 5.92 Å². The molecule has 0 aliphatic carbocycles. The minimum absolute atomic E-state index is 0.0794. The van der Waals surface area contributed by atoms with Gasteiger partial charge in [-0.15, -0.1) is 0 Å². The summed E-state index contributed by atoms with van der Waals surface area (Å²) in [6, 6.07) is 19.6. The molecule has 4 heterocycles. The van der Waals surface area contributed by atoms with Crippen molar-refractivity contribution in [3.8, 4) is 11.3 Å². The van der Waals surface area contributed by atoms with Crippen LogP contribution in [0.5, 0.6) is 0 Å². The maximum Gasteiger partial charge on any atom is 0.251 e. The van der Waals surface area contributed by atoms with Crippen molar-refractivity contribution in [2.45, 2.75) is 31.4 Å². The minimum atomic E-state index is -0.432. The Labute approximate surface area is 176 Å². The van der Waals surface area contributed by atoms with Crippen molar-refractivity contribution in [3.05, 3.63) is 88.5 Å². The number of aliphatic hydroxyl groups is 1. The molecule has 0 radical (unpaired) electrons. The van der Waals surface area contributed by atoms with Gasteiger partial charge in [-0.1, -0.05) is 36.4 Å². The van der Waals surface area contributed by atoms with Gasteiger partial charge in [0.05, 0.1) is 11.8 Å². The zero-order valence-corrected chi connectivity index (χ0v) is 17.0. The molecule has 2 aliphatic rings. The molecule has 1 aromatic carbocycles. The molecule has 1 N–H and O–H groups in total. The van der Waals surface area contributed by atoms with E-state index < -0.39 is 6.10 Å². The van der Waals surface area contributed by atoms with Gasteiger partial charge in [-0.05, 0) is 42.5 Å². The second-order valence-corrected chi connectivity index (χ2v) is 8.61. The van der Waals surface area contributed by atoms with Gasteiger partial charge in [0.25, 0.3) is 5.56 Å². The fraction of sp³-hybridized carbons (Fsp3) is 0.360. The first-order valence-electron chi connectivity index (χ1n) is 10.8. The molecule has 1 saturated heterocycles. The molecule has 0 saturated carbocycles. The van der Waals surface area contributed by atoms with E-state index in [1.165, 1.54) is 0 Å². The molecule has 0 unspecified atom stereocenters. The number of likely N-dealkylation sites (tertiary alicyclic amines) is 1. The number of benzene rings is 1. The quantitative estimate of drug-likeness (QED) is 0.711. The summed E-state index contributed by atoms with van der Waals surface area (Å²) in [6.45, 7) is 3.58. The van der Waals surface area contributed by atoms with Gasteiger partial charge in [0.15, 0.2) is 0 Å². The Morgan fingerprint density at radius 3 is 2.67 bits per heavy atom. The van der Waals surface area contributed by atoms with Crippen molar-refractivity contribution < 1.29 is 5.11 Å². The number of hydrogen-bond acceptors (Lipinski definition) is 4. The molecule has 0 spiro atoms. The molecular formula is C25H27N3O2. The standard InChI is InChI=1S/C25H27N3O2/c29-24(19-6-2-1-3-7-19)9-11-27-15-18-12-21(17-27)23-13-20(14-25(30)28(23)16-18)22-8-4-5-10-26-22/h1-8,10,13-14,18,21,24,29H,9,11-12,15-17H2/t18-,21+,24-/m0/s1. The highest BCUT2D eigenvalue weighted by atomic mass is 16.3. The molecule has 2 aliphatic heterocycles. The third-order valence-corrected chi connectivity index (χ3v) is 6.50. The lowest BCUT2D eigenvalue weighted by Crippen LogP contribution is -2.47. The smallest absolute Gasteiger partial charge is 0.251 e. The largest absolute Gasteiger partial charge is 0.388 e. The van der Waals surface area contributed by atoms with Crippen molar-refractivity contribution in [1.82, 2.24) is 14.5 Å². The fourth-order valence-electron chi connectivity index (χ4n) is 5.07. The molecule has 154 valence electrons. The number of rotatable bonds is 5. The van der Waals surface area contributed by atoms with E-state index in [1.807, 2.05) is 53.1 Å². The highest BCUT2D eigenvalue weighted by Gasteiger charge is 2.35. The van der Waals surface area contributed by atoms with Crippen molar-refractivity contribution >= 4 is 0 Å². The first-order chi connectivity index (χ1) is 14.7. The van der Waals surface area contributed by atoms with Crippen LogP contribution in [0.4, 0.5) is 0 Å². The summed E-state index contributed by atoms with van der Waals surface area (Å²) < 4.78 is 1.97. The first kappa shape index (κ1) is 19.2. The van der Waals surface area contributed by atoms with E-state index in [9.17, 15) is 9.90 Å². The van der Waals surface area contributed by atoms with E-state index in [-0.39, 0.29) is 5.56 Å². The van der Waals surface area contributed by atoms with Gasteiger partial charge in [-0.25, -0.2) is 0 Å². The summed E-state index contributed by atoms with van der Waals surface area (Å²) >= 11 is 0. The summed E-state index contributed by atoms with van der Waals surface area (Å²) in [7, 11) is 0. The number of piperidine rings is 1. The number of nitrogens with zero attached hydrogens (tertiary/aromatic N) is 3. The first-order valence-corrected chi connectivity index (χ1v) is 10.8. The molecule has 2 bridgehead atoms. The Hall–Kier alpha value is -2.76. The van der Waals surface area contributed by atoms with Crippen LogP contribution >= 0.6 is 0 Å². The van der Waals surface area contributed by atoms with E-state index >= 15 is 0 Å². The summed E-state index contributed by atoms with van der Waals surface area (Å²) in [5.74, 6) is 0.839. The lowest BCUT2D eigenvalue weighted by Gasteiger charge is -2.43. The molecule has 1 fully saturated rings. The van der Waals surface area contributed by atoms with Crippen molar-refractivity contribution in [1.29, 1.82) is 0 Å². The van der Waals surface area contributed by atoms with Gasteiger partial charge in [0.1, 0.15) is 0 Å². The fourth-order valence-corrected chi connectivity index (χ4v) is 5.07. The average molecular weight is 402 g/mol. The van der Waals surface area contributed by atoms with Crippen LogP contribution in [0.3, 0.4) is 0 Å². The van der Waals surface area contributed by atoms with Gasteiger partial charge in [0.2, 0.25) is 0 Å². The lowest BCUT2D eigenvalue weighted by molar-refractivity contribution is 0.0923. The van der Waals surface area contributed by atoms with Crippen LogP contribution < -0.4 is 5.56 Å². The highest BCUT2D eigenvalue weighted by Crippen LogP contribution is 2.36. The van der Waals surface area contributed by atoms with Gasteiger partial charge < -0.3 is 14.6 Å². The maximum atomic E-state index is 12.8. The Bertz CT molecular complexity index is 1060. The zero-order chi connectivity index (χ0) is 20.5. The SMILES string of the molecule is O=c1cc(-c2ccccn2)cc2n1C[C@H]1C[C@@H]2CN(CC[C@H](O)c2ccccc2)C1. The van der Waals surface area contributed by atoms with Gasteiger partial charge >= 0.3 is 0 Å². The normalized spacial score (nSPS) is 21.8. The molecule has 30 heavy (non-hydrogen) atoms. The Balaban J connectivity index is 1.34. The molecule has 5 nitrogen and oxygen atoms in total. The van der Waals surface area contributed by atoms with E-state index in [1.54, 1.807) is 12.3 Å². The summed E-state index contributed by atoms with van der Waals surface area (Å²) in [5, 5.41) is 10.5. The van der Waals surface area contributed by atoms with E-state index in [0.717, 1.165) is 61.5 Å². The van der Waals surface area contributed by atoms with Crippen LogP contribution in [0, 0.1) is 5.92 Å². The number of pyridine rings is 2. The second kappa shape index (κ2) is 8.17. The Morgan fingerprint density at radius 1 is 1.03 bits per heavy atom. The number of fused-ring (bicyclic) bond motifs is 4. The van der Waals surface area contributed by atoms with E-state index in [2.05, 4.69) is 16.0 Å². The topological polar surface area (TPSA) is 58.4 Å². The Kier molecular flexibility index (Phi) is 5.23. The van der Waals surface area contributed by atoms with Gasteiger partial charge in [-0.3, -0.25) is 9.78 Å². The third-order valence-electron chi connectivity index (χ3n) is 6.50. The molecular weight excluding hydrogens is 374 g/mol. The molecule has 0 amide bonds. The predicted octanol–water partition coefficient (Wildman–Crippen LogP) is 3.45. The molecule has 2 aromatic heterocycles. The molecule has 5 rings (SSSR count). The van der Waals surface area contributed by atoms with E-state index in [0.29, 0.717) is 11.8 Å². The molecule has 3 atom stereocenters. The van der Waals surface area contributed by atoms with Crippen LogP contribution in [-0.2, 0) is 6.54 Å². The molecule has 5 heteroatoms. The van der Waals surface area contributed by atoms with Gasteiger partial charge in [-0.2, -0.15) is 0 Å². The predicted molar refractivity (Wildman–Crippen MR) is 117 cm³/mol. The highest BCUT2D eigenvalue weighted by molar-refractivity contribution is 5.59. The van der Waals surface area contributed by atoms with E-state index in [4.69, 9.17) is 0 Å².